The normalized spacial score (nSPS) is 12.2. The molecule has 1 amide bonds. The smallest absolute Gasteiger partial charge is 0.237 e. The number of anilines is 1. The number of amides is 1. The van der Waals surface area contributed by atoms with Crippen molar-refractivity contribution in [3.05, 3.63) is 53.1 Å². The second-order valence-electron chi connectivity index (χ2n) is 6.72. The Morgan fingerprint density at radius 3 is 2.63 bits per heavy atom. The van der Waals surface area contributed by atoms with Crippen molar-refractivity contribution in [2.75, 3.05) is 5.32 Å². The quantitative estimate of drug-likeness (QED) is 0.678. The third-order valence-electron chi connectivity index (χ3n) is 4.85. The van der Waals surface area contributed by atoms with Gasteiger partial charge in [0.05, 0.1) is 28.0 Å². The minimum atomic E-state index is -0.296. The van der Waals surface area contributed by atoms with Crippen molar-refractivity contribution < 1.29 is 4.79 Å². The van der Waals surface area contributed by atoms with E-state index in [2.05, 4.69) is 41.4 Å². The predicted molar refractivity (Wildman–Crippen MR) is 110 cm³/mol. The van der Waals surface area contributed by atoms with Gasteiger partial charge >= 0.3 is 0 Å². The number of hydrogen-bond acceptors (Lipinski definition) is 4. The fourth-order valence-electron chi connectivity index (χ4n) is 2.95. The number of benzene rings is 1. The highest BCUT2D eigenvalue weighted by molar-refractivity contribution is 8.00. The summed E-state index contributed by atoms with van der Waals surface area (Å²) in [4.78, 5) is 17.2. The number of hydrogen-bond donors (Lipinski definition) is 1. The third kappa shape index (κ3) is 3.78. The molecule has 7 heteroatoms. The molecule has 0 bridgehead atoms. The lowest BCUT2D eigenvalue weighted by atomic mass is 10.1. The van der Waals surface area contributed by atoms with Gasteiger partial charge in [-0.1, -0.05) is 23.9 Å². The number of rotatable bonds is 5. The summed E-state index contributed by atoms with van der Waals surface area (Å²) in [5.41, 5.74) is 6.06. The molecule has 142 valence electrons. The van der Waals surface area contributed by atoms with Crippen LogP contribution in [0.4, 0.5) is 5.69 Å². The van der Waals surface area contributed by atoms with Gasteiger partial charge in [0, 0.05) is 19.4 Å². The highest BCUT2D eigenvalue weighted by Gasteiger charge is 2.21. The average Bonchev–Trinajstić information content (AvgIpc) is 3.17. The Morgan fingerprint density at radius 2 is 1.96 bits per heavy atom. The fraction of sp³-hybridized carbons (Fsp3) is 0.350. The molecular weight excluding hydrogens is 358 g/mol. The predicted octanol–water partition coefficient (Wildman–Crippen LogP) is 3.96. The summed E-state index contributed by atoms with van der Waals surface area (Å²) in [7, 11) is 1.87. The second kappa shape index (κ2) is 7.60. The van der Waals surface area contributed by atoms with Crippen LogP contribution in [0.15, 0.2) is 35.7 Å². The van der Waals surface area contributed by atoms with Crippen LogP contribution >= 0.6 is 11.8 Å². The zero-order valence-corrected chi connectivity index (χ0v) is 17.4. The lowest BCUT2D eigenvalue weighted by molar-refractivity contribution is -0.115. The Bertz CT molecular complexity index is 988. The van der Waals surface area contributed by atoms with E-state index in [0.717, 1.165) is 27.9 Å². The minimum Gasteiger partial charge on any atom is -0.322 e. The number of imidazole rings is 1. The molecule has 1 atom stereocenters. The number of aromatic nitrogens is 4. The van der Waals surface area contributed by atoms with Crippen LogP contribution in [-0.4, -0.2) is 30.5 Å². The molecule has 0 aliphatic rings. The standard InChI is InChI=1S/C20H25N5OS/c1-12-8-7-9-17(13(12)2)25-11-10-21-20(25)27-16(5)19(26)22-18-14(3)23-24(6)15(18)4/h7-11,16H,1-6H3,(H,22,26)/t16-/m1/s1. The van der Waals surface area contributed by atoms with Crippen molar-refractivity contribution in [2.45, 2.75) is 45.0 Å². The summed E-state index contributed by atoms with van der Waals surface area (Å²) in [6, 6.07) is 6.20. The Morgan fingerprint density at radius 1 is 1.22 bits per heavy atom. The molecule has 0 aliphatic heterocycles. The maximum atomic E-state index is 12.7. The number of carbonyl (C=O) groups is 1. The van der Waals surface area contributed by atoms with E-state index in [1.54, 1.807) is 10.9 Å². The van der Waals surface area contributed by atoms with Gasteiger partial charge in [0.1, 0.15) is 0 Å². The van der Waals surface area contributed by atoms with Crippen LogP contribution < -0.4 is 5.32 Å². The van der Waals surface area contributed by atoms with E-state index in [1.807, 2.05) is 44.6 Å². The van der Waals surface area contributed by atoms with Gasteiger partial charge in [-0.25, -0.2) is 4.98 Å². The summed E-state index contributed by atoms with van der Waals surface area (Å²) >= 11 is 1.44. The van der Waals surface area contributed by atoms with Crippen LogP contribution in [-0.2, 0) is 11.8 Å². The number of aryl methyl sites for hydroxylation is 3. The summed E-state index contributed by atoms with van der Waals surface area (Å²) in [6.07, 6.45) is 3.70. The maximum absolute atomic E-state index is 12.7. The number of carbonyl (C=O) groups excluding carboxylic acids is 1. The number of nitrogens with zero attached hydrogens (tertiary/aromatic N) is 4. The van der Waals surface area contributed by atoms with Gasteiger partial charge in [-0.2, -0.15) is 5.10 Å². The van der Waals surface area contributed by atoms with Crippen molar-refractivity contribution in [2.24, 2.45) is 7.05 Å². The van der Waals surface area contributed by atoms with Crippen molar-refractivity contribution in [1.82, 2.24) is 19.3 Å². The molecule has 0 saturated carbocycles. The van der Waals surface area contributed by atoms with Gasteiger partial charge < -0.3 is 5.32 Å². The Hall–Kier alpha value is -2.54. The summed E-state index contributed by atoms with van der Waals surface area (Å²) < 4.78 is 3.81. The molecule has 0 unspecified atom stereocenters. The van der Waals surface area contributed by atoms with E-state index in [1.165, 1.54) is 22.9 Å². The monoisotopic (exact) mass is 383 g/mol. The molecule has 0 saturated heterocycles. The van der Waals surface area contributed by atoms with Gasteiger partial charge in [-0.15, -0.1) is 0 Å². The van der Waals surface area contributed by atoms with E-state index in [-0.39, 0.29) is 11.2 Å². The van der Waals surface area contributed by atoms with E-state index in [0.29, 0.717) is 0 Å². The van der Waals surface area contributed by atoms with Crippen molar-refractivity contribution in [3.8, 4) is 5.69 Å². The van der Waals surface area contributed by atoms with Gasteiger partial charge in [-0.3, -0.25) is 14.0 Å². The van der Waals surface area contributed by atoms with Crippen molar-refractivity contribution in [1.29, 1.82) is 0 Å². The van der Waals surface area contributed by atoms with Crippen molar-refractivity contribution >= 4 is 23.4 Å². The Balaban J connectivity index is 1.79. The molecule has 0 radical (unpaired) electrons. The maximum Gasteiger partial charge on any atom is 0.237 e. The average molecular weight is 384 g/mol. The molecule has 6 nitrogen and oxygen atoms in total. The first-order chi connectivity index (χ1) is 12.8. The van der Waals surface area contributed by atoms with Crippen LogP contribution in [0, 0.1) is 27.7 Å². The summed E-state index contributed by atoms with van der Waals surface area (Å²) in [5, 5.41) is 7.86. The molecule has 0 fully saturated rings. The Kier molecular flexibility index (Phi) is 5.41. The van der Waals surface area contributed by atoms with Gasteiger partial charge in [0.15, 0.2) is 5.16 Å². The third-order valence-corrected chi connectivity index (χ3v) is 5.93. The molecular formula is C20H25N5OS. The molecule has 2 heterocycles. The highest BCUT2D eigenvalue weighted by Crippen LogP contribution is 2.28. The molecule has 3 aromatic rings. The van der Waals surface area contributed by atoms with Crippen LogP contribution in [0.1, 0.15) is 29.4 Å². The zero-order valence-electron chi connectivity index (χ0n) is 16.6. The SMILES string of the molecule is Cc1cccc(-n2ccnc2S[C@H](C)C(=O)Nc2c(C)nn(C)c2C)c1C. The van der Waals surface area contributed by atoms with Gasteiger partial charge in [0.2, 0.25) is 5.91 Å². The van der Waals surface area contributed by atoms with Crippen LogP contribution in [0.3, 0.4) is 0 Å². The van der Waals surface area contributed by atoms with E-state index >= 15 is 0 Å². The first-order valence-corrected chi connectivity index (χ1v) is 9.75. The summed E-state index contributed by atoms with van der Waals surface area (Å²) in [6.45, 7) is 9.93. The molecule has 0 aliphatic carbocycles. The van der Waals surface area contributed by atoms with Crippen molar-refractivity contribution in [3.63, 3.8) is 0 Å². The zero-order chi connectivity index (χ0) is 19.7. The fourth-order valence-corrected chi connectivity index (χ4v) is 3.82. The lowest BCUT2D eigenvalue weighted by Gasteiger charge is -2.15. The van der Waals surface area contributed by atoms with Crippen LogP contribution in [0.2, 0.25) is 0 Å². The molecule has 2 aromatic heterocycles. The van der Waals surface area contributed by atoms with Crippen LogP contribution in [0.5, 0.6) is 0 Å². The topological polar surface area (TPSA) is 64.7 Å². The largest absolute Gasteiger partial charge is 0.322 e. The molecule has 27 heavy (non-hydrogen) atoms. The molecule has 0 spiro atoms. The summed E-state index contributed by atoms with van der Waals surface area (Å²) in [5.74, 6) is -0.0604. The minimum absolute atomic E-state index is 0.0604. The van der Waals surface area contributed by atoms with E-state index in [4.69, 9.17) is 0 Å². The Labute approximate surface area is 164 Å². The van der Waals surface area contributed by atoms with Gasteiger partial charge in [0.25, 0.3) is 0 Å². The van der Waals surface area contributed by atoms with Gasteiger partial charge in [-0.05, 0) is 51.8 Å². The molecule has 1 aromatic carbocycles. The van der Waals surface area contributed by atoms with E-state index in [9.17, 15) is 4.79 Å². The molecule has 3 rings (SSSR count). The van der Waals surface area contributed by atoms with E-state index < -0.39 is 0 Å². The number of thioether (sulfide) groups is 1. The molecule has 1 N–H and O–H groups in total. The first kappa shape index (κ1) is 19.2. The second-order valence-corrected chi connectivity index (χ2v) is 8.03. The highest BCUT2D eigenvalue weighted by atomic mass is 32.2. The number of nitrogens with one attached hydrogen (secondary N) is 1. The van der Waals surface area contributed by atoms with Crippen LogP contribution in [0.25, 0.3) is 5.69 Å². The lowest BCUT2D eigenvalue weighted by Crippen LogP contribution is -2.23. The first-order valence-electron chi connectivity index (χ1n) is 8.87.